The van der Waals surface area contributed by atoms with E-state index in [-0.39, 0.29) is 12.6 Å². The number of nitrogens with zero attached hydrogens (tertiary/aromatic N) is 3. The summed E-state index contributed by atoms with van der Waals surface area (Å²) in [6.07, 6.45) is 1.75. The maximum absolute atomic E-state index is 7.65. The van der Waals surface area contributed by atoms with Gasteiger partial charge in [0.15, 0.2) is 0 Å². The van der Waals surface area contributed by atoms with Crippen molar-refractivity contribution in [3.63, 3.8) is 0 Å². The van der Waals surface area contributed by atoms with Crippen molar-refractivity contribution in [3.05, 3.63) is 0 Å². The second-order valence-corrected chi connectivity index (χ2v) is 4.09. The molecule has 0 spiro atoms. The molecule has 0 aliphatic carbocycles. The van der Waals surface area contributed by atoms with E-state index in [4.69, 9.17) is 10.1 Å². The summed E-state index contributed by atoms with van der Waals surface area (Å²) in [6.45, 7) is 8.33. The normalized spacial score (nSPS) is 20.0. The third kappa shape index (κ3) is 3.04. The highest BCUT2D eigenvalue weighted by atomic mass is 16.5. The van der Waals surface area contributed by atoms with Gasteiger partial charge in [-0.3, -0.25) is 10.3 Å². The zero-order valence-corrected chi connectivity index (χ0v) is 9.69. The molecule has 0 radical (unpaired) electrons. The van der Waals surface area contributed by atoms with E-state index in [9.17, 15) is 0 Å². The summed E-state index contributed by atoms with van der Waals surface area (Å²) in [7, 11) is 0. The van der Waals surface area contributed by atoms with Crippen LogP contribution in [-0.2, 0) is 4.74 Å². The van der Waals surface area contributed by atoms with E-state index < -0.39 is 0 Å². The Hall–Kier alpha value is -1.39. The number of amidine groups is 2. The molecule has 1 N–H and O–H groups in total. The molecule has 5 nitrogen and oxygen atoms in total. The first-order chi connectivity index (χ1) is 7.02. The summed E-state index contributed by atoms with van der Waals surface area (Å²) in [4.78, 5) is 1.73. The van der Waals surface area contributed by atoms with Gasteiger partial charge in [-0.2, -0.15) is 5.10 Å². The molecule has 15 heavy (non-hydrogen) atoms. The van der Waals surface area contributed by atoms with Gasteiger partial charge in [0.2, 0.25) is 0 Å². The lowest BCUT2D eigenvalue weighted by Gasteiger charge is -2.18. The van der Waals surface area contributed by atoms with Crippen LogP contribution in [0.1, 0.15) is 27.7 Å². The maximum Gasteiger partial charge on any atom is 0.317 e. The van der Waals surface area contributed by atoms with Gasteiger partial charge < -0.3 is 4.74 Å². The highest BCUT2D eigenvalue weighted by Crippen LogP contribution is 2.10. The molecule has 1 fully saturated rings. The molecular weight excluding hydrogens is 192 g/mol. The molecule has 0 saturated carbocycles. The molecule has 1 saturated heterocycles. The monoisotopic (exact) mass is 210 g/mol. The van der Waals surface area contributed by atoms with E-state index in [0.717, 1.165) is 0 Å². The van der Waals surface area contributed by atoms with Gasteiger partial charge in [-0.15, -0.1) is 0 Å². The highest BCUT2D eigenvalue weighted by molar-refractivity contribution is 6.01. The van der Waals surface area contributed by atoms with Crippen molar-refractivity contribution in [2.24, 2.45) is 16.1 Å². The van der Waals surface area contributed by atoms with Crippen molar-refractivity contribution < 1.29 is 4.74 Å². The minimum atomic E-state index is 0.174. The van der Waals surface area contributed by atoms with Gasteiger partial charge in [-0.05, 0) is 19.8 Å². The van der Waals surface area contributed by atoms with Crippen molar-refractivity contribution in [2.45, 2.75) is 33.7 Å². The molecule has 1 aliphatic rings. The first kappa shape index (κ1) is 11.7. The summed E-state index contributed by atoms with van der Waals surface area (Å²) in [5.74, 6) is 0.797. The van der Waals surface area contributed by atoms with Crippen molar-refractivity contribution in [1.82, 2.24) is 4.90 Å². The van der Waals surface area contributed by atoms with E-state index in [1.807, 2.05) is 27.7 Å². The average molecular weight is 210 g/mol. The van der Waals surface area contributed by atoms with E-state index >= 15 is 0 Å². The summed E-state index contributed by atoms with van der Waals surface area (Å²) in [6, 6.07) is 0.597. The van der Waals surface area contributed by atoms with Crippen LogP contribution >= 0.6 is 0 Å². The third-order valence-electron chi connectivity index (χ3n) is 1.86. The van der Waals surface area contributed by atoms with Crippen LogP contribution in [0.25, 0.3) is 0 Å². The lowest BCUT2D eigenvalue weighted by Crippen LogP contribution is -2.35. The fourth-order valence-electron chi connectivity index (χ4n) is 1.21. The fourth-order valence-corrected chi connectivity index (χ4v) is 1.21. The predicted octanol–water partition coefficient (Wildman–Crippen LogP) is 1.70. The van der Waals surface area contributed by atoms with Gasteiger partial charge in [-0.25, -0.2) is 0 Å². The standard InChI is InChI=1S/C10H18N4O/c1-7(2)5-12-13-10-14(8(3)4)9(11)6-15-10/h5,7-8,11H,6H2,1-4H3/b11-9?,12-5+,13-10-. The van der Waals surface area contributed by atoms with E-state index in [1.54, 1.807) is 11.1 Å². The van der Waals surface area contributed by atoms with Crippen LogP contribution in [0.3, 0.4) is 0 Å². The van der Waals surface area contributed by atoms with Crippen LogP contribution in [0.2, 0.25) is 0 Å². The molecule has 0 aromatic heterocycles. The van der Waals surface area contributed by atoms with E-state index in [0.29, 0.717) is 17.8 Å². The Morgan fingerprint density at radius 1 is 1.40 bits per heavy atom. The van der Waals surface area contributed by atoms with Gasteiger partial charge in [0, 0.05) is 12.3 Å². The Morgan fingerprint density at radius 3 is 2.60 bits per heavy atom. The van der Waals surface area contributed by atoms with Gasteiger partial charge in [-0.1, -0.05) is 18.9 Å². The molecule has 0 atom stereocenters. The number of hydrogen-bond acceptors (Lipinski definition) is 4. The second-order valence-electron chi connectivity index (χ2n) is 4.09. The molecule has 0 unspecified atom stereocenters. The zero-order valence-electron chi connectivity index (χ0n) is 9.69. The number of rotatable bonds is 3. The highest BCUT2D eigenvalue weighted by Gasteiger charge is 2.28. The molecule has 84 valence electrons. The van der Waals surface area contributed by atoms with Gasteiger partial charge in [0.1, 0.15) is 12.4 Å². The molecule has 5 heteroatoms. The fraction of sp³-hybridized carbons (Fsp3) is 0.700. The summed E-state index contributed by atoms with van der Waals surface area (Å²) < 4.78 is 5.26. The van der Waals surface area contributed by atoms with Crippen LogP contribution in [0.15, 0.2) is 10.2 Å². The minimum Gasteiger partial charge on any atom is -0.455 e. The Kier molecular flexibility index (Phi) is 3.82. The molecule has 1 aliphatic heterocycles. The number of ether oxygens (including phenoxy) is 1. The van der Waals surface area contributed by atoms with E-state index in [1.165, 1.54) is 0 Å². The first-order valence-electron chi connectivity index (χ1n) is 5.13. The van der Waals surface area contributed by atoms with Crippen LogP contribution in [0.4, 0.5) is 0 Å². The van der Waals surface area contributed by atoms with Gasteiger partial charge in [0.05, 0.1) is 0 Å². The summed E-state index contributed by atoms with van der Waals surface area (Å²) in [5, 5.41) is 15.5. The molecular formula is C10H18N4O. The maximum atomic E-state index is 7.65. The molecule has 0 amide bonds. The quantitative estimate of drug-likeness (QED) is 0.569. The Morgan fingerprint density at radius 2 is 2.07 bits per heavy atom. The summed E-state index contributed by atoms with van der Waals surface area (Å²) >= 11 is 0. The predicted molar refractivity (Wildman–Crippen MR) is 61.4 cm³/mol. The molecule has 0 aromatic rings. The summed E-state index contributed by atoms with van der Waals surface area (Å²) in [5.41, 5.74) is 0. The van der Waals surface area contributed by atoms with Crippen molar-refractivity contribution in [1.29, 1.82) is 5.41 Å². The van der Waals surface area contributed by atoms with E-state index in [2.05, 4.69) is 10.2 Å². The molecule has 0 bridgehead atoms. The molecule has 1 heterocycles. The molecule has 0 aromatic carbocycles. The largest absolute Gasteiger partial charge is 0.455 e. The first-order valence-corrected chi connectivity index (χ1v) is 5.13. The third-order valence-corrected chi connectivity index (χ3v) is 1.86. The Balaban J connectivity index is 2.73. The van der Waals surface area contributed by atoms with Crippen LogP contribution in [0.5, 0.6) is 0 Å². The van der Waals surface area contributed by atoms with Crippen LogP contribution in [0, 0.1) is 11.3 Å². The lowest BCUT2D eigenvalue weighted by molar-refractivity contribution is 0.347. The SMILES string of the molecule is CC(C)/C=N/N=C1\OCC(=N)N1C(C)C. The molecule has 1 rings (SSSR count). The van der Waals surface area contributed by atoms with Crippen molar-refractivity contribution >= 4 is 18.1 Å². The minimum absolute atomic E-state index is 0.174. The zero-order chi connectivity index (χ0) is 11.4. The Labute approximate surface area is 90.3 Å². The van der Waals surface area contributed by atoms with Crippen molar-refractivity contribution in [2.75, 3.05) is 6.61 Å². The lowest BCUT2D eigenvalue weighted by atomic mass is 10.3. The number of nitrogens with one attached hydrogen (secondary N) is 1. The number of hydrogen-bond donors (Lipinski definition) is 1. The van der Waals surface area contributed by atoms with Crippen LogP contribution < -0.4 is 0 Å². The average Bonchev–Trinajstić information content (AvgIpc) is 2.46. The topological polar surface area (TPSA) is 61.0 Å². The van der Waals surface area contributed by atoms with Gasteiger partial charge in [0.25, 0.3) is 0 Å². The van der Waals surface area contributed by atoms with Gasteiger partial charge >= 0.3 is 6.02 Å². The Bertz CT molecular complexity index is 294. The van der Waals surface area contributed by atoms with Crippen LogP contribution in [-0.4, -0.2) is 35.6 Å². The second kappa shape index (κ2) is 4.91. The smallest absolute Gasteiger partial charge is 0.317 e. The van der Waals surface area contributed by atoms with Crippen molar-refractivity contribution in [3.8, 4) is 0 Å².